The van der Waals surface area contributed by atoms with Crippen molar-refractivity contribution in [1.82, 2.24) is 9.88 Å². The maximum atomic E-state index is 12.1. The van der Waals surface area contributed by atoms with E-state index in [9.17, 15) is 19.7 Å². The van der Waals surface area contributed by atoms with Crippen molar-refractivity contribution in [3.8, 4) is 0 Å². The van der Waals surface area contributed by atoms with Crippen molar-refractivity contribution < 1.29 is 14.1 Å². The van der Waals surface area contributed by atoms with E-state index < -0.39 is 10.7 Å². The maximum Gasteiger partial charge on any atom is 0.420 e. The Labute approximate surface area is 158 Å². The number of thioether (sulfide) groups is 1. The average Bonchev–Trinajstić information content (AvgIpc) is 2.97. The van der Waals surface area contributed by atoms with Crippen LogP contribution in [0.5, 0.6) is 0 Å². The normalized spacial score (nSPS) is 10.8. The Kier molecular flexibility index (Phi) is 5.92. The molecule has 0 aliphatic heterocycles. The summed E-state index contributed by atoms with van der Waals surface area (Å²) >= 11 is 1.70. The standard InChI is InChI=1S/C18H17N3O5S/c22-17(19-8-9-27-12-13-4-2-1-3-5-13)11-20-15-7-6-14(21(24)25)10-16(15)26-18(20)23/h1-7,10H,8-9,11-12H2,(H,19,22). The van der Waals surface area contributed by atoms with Gasteiger partial charge in [0.15, 0.2) is 5.58 Å². The minimum Gasteiger partial charge on any atom is -0.407 e. The molecule has 0 radical (unpaired) electrons. The van der Waals surface area contributed by atoms with E-state index in [1.165, 1.54) is 23.8 Å². The zero-order valence-corrected chi connectivity index (χ0v) is 15.1. The number of benzene rings is 2. The number of nitrogens with one attached hydrogen (secondary N) is 1. The molecule has 3 aromatic rings. The number of rotatable bonds is 8. The molecule has 0 bridgehead atoms. The molecule has 1 aromatic heterocycles. The molecule has 2 aromatic carbocycles. The highest BCUT2D eigenvalue weighted by Crippen LogP contribution is 2.19. The van der Waals surface area contributed by atoms with Crippen LogP contribution < -0.4 is 11.1 Å². The van der Waals surface area contributed by atoms with Gasteiger partial charge in [-0.05, 0) is 11.6 Å². The third-order valence-corrected chi connectivity index (χ3v) is 4.87. The van der Waals surface area contributed by atoms with Gasteiger partial charge in [0.1, 0.15) is 6.54 Å². The number of aromatic nitrogens is 1. The molecule has 3 rings (SSSR count). The minimum atomic E-state index is -0.723. The van der Waals surface area contributed by atoms with Crippen LogP contribution in [0.1, 0.15) is 5.56 Å². The van der Waals surface area contributed by atoms with E-state index in [0.29, 0.717) is 12.1 Å². The highest BCUT2D eigenvalue weighted by Gasteiger charge is 2.15. The van der Waals surface area contributed by atoms with E-state index in [4.69, 9.17) is 4.42 Å². The van der Waals surface area contributed by atoms with Gasteiger partial charge in [-0.1, -0.05) is 30.3 Å². The first kappa shape index (κ1) is 18.7. The largest absolute Gasteiger partial charge is 0.420 e. The van der Waals surface area contributed by atoms with Crippen LogP contribution in [-0.4, -0.2) is 27.7 Å². The number of hydrogen-bond acceptors (Lipinski definition) is 6. The molecule has 27 heavy (non-hydrogen) atoms. The Morgan fingerprint density at radius 1 is 1.22 bits per heavy atom. The summed E-state index contributed by atoms with van der Waals surface area (Å²) in [5.74, 6) is 0.562. The minimum absolute atomic E-state index is 0.0837. The summed E-state index contributed by atoms with van der Waals surface area (Å²) in [6.07, 6.45) is 0. The van der Waals surface area contributed by atoms with Gasteiger partial charge in [0, 0.05) is 24.1 Å². The van der Waals surface area contributed by atoms with Crippen molar-refractivity contribution in [3.63, 3.8) is 0 Å². The van der Waals surface area contributed by atoms with Crippen LogP contribution in [0.25, 0.3) is 11.1 Å². The van der Waals surface area contributed by atoms with E-state index in [0.717, 1.165) is 16.1 Å². The molecular formula is C18H17N3O5S. The summed E-state index contributed by atoms with van der Waals surface area (Å²) in [5.41, 5.74) is 1.47. The van der Waals surface area contributed by atoms with Crippen molar-refractivity contribution >= 4 is 34.5 Å². The van der Waals surface area contributed by atoms with E-state index >= 15 is 0 Å². The van der Waals surface area contributed by atoms with Crippen molar-refractivity contribution in [1.29, 1.82) is 0 Å². The smallest absolute Gasteiger partial charge is 0.407 e. The average molecular weight is 387 g/mol. The summed E-state index contributed by atoms with van der Waals surface area (Å²) in [6.45, 7) is 0.277. The number of amides is 1. The Hall–Kier alpha value is -3.07. The number of nitrogens with zero attached hydrogens (tertiary/aromatic N) is 2. The van der Waals surface area contributed by atoms with Gasteiger partial charge >= 0.3 is 5.76 Å². The lowest BCUT2D eigenvalue weighted by Crippen LogP contribution is -2.32. The van der Waals surface area contributed by atoms with Crippen molar-refractivity contribution in [2.75, 3.05) is 12.3 Å². The number of nitro groups is 1. The molecule has 0 aliphatic rings. The monoisotopic (exact) mass is 387 g/mol. The summed E-state index contributed by atoms with van der Waals surface area (Å²) in [7, 11) is 0. The van der Waals surface area contributed by atoms with Crippen LogP contribution >= 0.6 is 11.8 Å². The molecule has 0 aliphatic carbocycles. The molecule has 9 heteroatoms. The quantitative estimate of drug-likeness (QED) is 0.362. The van der Waals surface area contributed by atoms with Crippen LogP contribution in [0.4, 0.5) is 5.69 Å². The molecule has 140 valence electrons. The number of fused-ring (bicyclic) bond motifs is 1. The first-order chi connectivity index (χ1) is 13.0. The lowest BCUT2D eigenvalue weighted by Gasteiger charge is -2.06. The first-order valence-electron chi connectivity index (χ1n) is 8.21. The lowest BCUT2D eigenvalue weighted by molar-refractivity contribution is -0.384. The third-order valence-electron chi connectivity index (χ3n) is 3.84. The van der Waals surface area contributed by atoms with E-state index in [1.54, 1.807) is 11.8 Å². The molecule has 0 unspecified atom stereocenters. The van der Waals surface area contributed by atoms with Gasteiger partial charge in [-0.2, -0.15) is 11.8 Å². The van der Waals surface area contributed by atoms with E-state index in [-0.39, 0.29) is 23.7 Å². The summed E-state index contributed by atoms with van der Waals surface area (Å²) in [5, 5.41) is 13.5. The molecule has 0 spiro atoms. The number of carbonyl (C=O) groups is 1. The number of nitro benzene ring substituents is 1. The van der Waals surface area contributed by atoms with Crippen molar-refractivity contribution in [3.05, 3.63) is 74.8 Å². The SMILES string of the molecule is O=C(Cn1c(=O)oc2cc([N+](=O)[O-])ccc21)NCCSCc1ccccc1. The molecule has 0 saturated heterocycles. The Bertz CT molecular complexity index is 1010. The summed E-state index contributed by atoms with van der Waals surface area (Å²) in [4.78, 5) is 34.2. The Balaban J connectivity index is 1.52. The Morgan fingerprint density at radius 3 is 2.74 bits per heavy atom. The molecule has 1 amide bonds. The molecule has 0 atom stereocenters. The molecule has 8 nitrogen and oxygen atoms in total. The fourth-order valence-corrected chi connectivity index (χ4v) is 3.36. The van der Waals surface area contributed by atoms with Crippen LogP contribution in [0, 0.1) is 10.1 Å². The second-order valence-electron chi connectivity index (χ2n) is 5.75. The third kappa shape index (κ3) is 4.76. The number of carbonyl (C=O) groups excluding carboxylic acids is 1. The van der Waals surface area contributed by atoms with Crippen molar-refractivity contribution in [2.24, 2.45) is 0 Å². The molecule has 0 saturated carbocycles. The van der Waals surface area contributed by atoms with Crippen LogP contribution in [0.15, 0.2) is 57.7 Å². The molecule has 0 fully saturated rings. The maximum absolute atomic E-state index is 12.1. The van der Waals surface area contributed by atoms with Gasteiger partial charge < -0.3 is 9.73 Å². The highest BCUT2D eigenvalue weighted by atomic mass is 32.2. The first-order valence-corrected chi connectivity index (χ1v) is 9.36. The number of non-ortho nitro benzene ring substituents is 1. The summed E-state index contributed by atoms with van der Waals surface area (Å²) < 4.78 is 6.16. The fraction of sp³-hybridized carbons (Fsp3) is 0.222. The zero-order chi connectivity index (χ0) is 19.2. The van der Waals surface area contributed by atoms with E-state index in [1.807, 2.05) is 30.3 Å². The predicted octanol–water partition coefficient (Wildman–Crippen LogP) is 2.55. The van der Waals surface area contributed by atoms with E-state index in [2.05, 4.69) is 5.32 Å². The van der Waals surface area contributed by atoms with Gasteiger partial charge in [-0.3, -0.25) is 19.5 Å². The molecule has 1 N–H and O–H groups in total. The number of hydrogen-bond donors (Lipinski definition) is 1. The van der Waals surface area contributed by atoms with Gasteiger partial charge in [0.05, 0.1) is 16.5 Å². The number of oxazole rings is 1. The second-order valence-corrected chi connectivity index (χ2v) is 6.86. The highest BCUT2D eigenvalue weighted by molar-refractivity contribution is 7.98. The van der Waals surface area contributed by atoms with Gasteiger partial charge in [-0.15, -0.1) is 0 Å². The van der Waals surface area contributed by atoms with Crippen LogP contribution in [0.2, 0.25) is 0 Å². The fourth-order valence-electron chi connectivity index (χ4n) is 2.54. The van der Waals surface area contributed by atoms with Crippen LogP contribution in [0.3, 0.4) is 0 Å². The predicted molar refractivity (Wildman–Crippen MR) is 103 cm³/mol. The topological polar surface area (TPSA) is 107 Å². The lowest BCUT2D eigenvalue weighted by atomic mass is 10.2. The summed E-state index contributed by atoms with van der Waals surface area (Å²) in [6, 6.07) is 13.9. The zero-order valence-electron chi connectivity index (χ0n) is 14.3. The molecule has 1 heterocycles. The van der Waals surface area contributed by atoms with Gasteiger partial charge in [0.2, 0.25) is 5.91 Å². The Morgan fingerprint density at radius 2 is 2.00 bits per heavy atom. The molecular weight excluding hydrogens is 370 g/mol. The second kappa shape index (κ2) is 8.54. The van der Waals surface area contributed by atoms with Crippen LogP contribution in [-0.2, 0) is 17.1 Å². The van der Waals surface area contributed by atoms with Gasteiger partial charge in [-0.25, -0.2) is 4.79 Å². The van der Waals surface area contributed by atoms with Gasteiger partial charge in [0.25, 0.3) is 5.69 Å². The van der Waals surface area contributed by atoms with Crippen molar-refractivity contribution in [2.45, 2.75) is 12.3 Å².